The zero-order valence-electron chi connectivity index (χ0n) is 23.9. The summed E-state index contributed by atoms with van der Waals surface area (Å²) in [6.07, 6.45) is 14.4. The molecular weight excluding hydrogens is 462 g/mol. The largest absolute Gasteiger partial charge is 0.397 e. The number of nitrogens with two attached hydrogens (primary N) is 1. The van der Waals surface area contributed by atoms with E-state index in [1.54, 1.807) is 4.90 Å². The van der Waals surface area contributed by atoms with E-state index in [4.69, 9.17) is 10.5 Å². The number of hydrogen-bond donors (Lipinski definition) is 2. The predicted octanol–water partition coefficient (Wildman–Crippen LogP) is 5.54. The van der Waals surface area contributed by atoms with Crippen LogP contribution in [0.3, 0.4) is 0 Å². The molecule has 6 atom stereocenters. The Hall–Kier alpha value is -2.60. The predicted molar refractivity (Wildman–Crippen MR) is 150 cm³/mol. The number of hydrogen-bond acceptors (Lipinski definition) is 4. The molecule has 6 nitrogen and oxygen atoms in total. The number of allylic oxidation sites excluding steroid dienone is 5. The van der Waals surface area contributed by atoms with Crippen LogP contribution in [0.1, 0.15) is 80.1 Å². The summed E-state index contributed by atoms with van der Waals surface area (Å²) in [5.41, 5.74) is 9.97. The molecule has 2 aliphatic heterocycles. The molecule has 37 heavy (non-hydrogen) atoms. The molecule has 5 unspecified atom stereocenters. The van der Waals surface area contributed by atoms with Crippen molar-refractivity contribution in [2.24, 2.45) is 23.0 Å². The zero-order valence-corrected chi connectivity index (χ0v) is 23.9. The number of nitrogens with one attached hydrogen (secondary N) is 1. The summed E-state index contributed by atoms with van der Waals surface area (Å²) in [4.78, 5) is 27.1. The van der Waals surface area contributed by atoms with Gasteiger partial charge in [-0.15, -0.1) is 0 Å². The minimum Gasteiger partial charge on any atom is -0.397 e. The lowest BCUT2D eigenvalue weighted by molar-refractivity contribution is -0.128. The van der Waals surface area contributed by atoms with Crippen LogP contribution < -0.4 is 11.1 Å². The summed E-state index contributed by atoms with van der Waals surface area (Å²) in [7, 11) is 1.84. The van der Waals surface area contributed by atoms with E-state index in [9.17, 15) is 9.59 Å². The molecule has 0 aromatic carbocycles. The Bertz CT molecular complexity index is 1040. The zero-order chi connectivity index (χ0) is 27.5. The first-order valence-electron chi connectivity index (χ1n) is 13.7. The molecule has 0 aromatic heterocycles. The number of likely N-dealkylation sites (N-methyl/N-ethyl adjacent to an activating group) is 1. The monoisotopic (exact) mass is 509 g/mol. The maximum atomic E-state index is 13.3. The van der Waals surface area contributed by atoms with Crippen LogP contribution >= 0.6 is 0 Å². The highest BCUT2D eigenvalue weighted by Crippen LogP contribution is 2.48. The van der Waals surface area contributed by atoms with Crippen molar-refractivity contribution < 1.29 is 14.3 Å². The van der Waals surface area contributed by atoms with Gasteiger partial charge in [-0.1, -0.05) is 57.2 Å². The van der Waals surface area contributed by atoms with Crippen molar-refractivity contribution in [2.75, 3.05) is 7.05 Å². The maximum absolute atomic E-state index is 13.3. The normalized spacial score (nSPS) is 38.1. The van der Waals surface area contributed by atoms with Crippen LogP contribution in [0.4, 0.5) is 0 Å². The van der Waals surface area contributed by atoms with Gasteiger partial charge in [-0.25, -0.2) is 0 Å². The molecular formula is C31H47N3O3. The number of nitrogens with zero attached hydrogens (tertiary/aromatic N) is 1. The first-order chi connectivity index (χ1) is 17.3. The van der Waals surface area contributed by atoms with E-state index in [2.05, 4.69) is 77.7 Å². The van der Waals surface area contributed by atoms with Gasteiger partial charge in [0.1, 0.15) is 0 Å². The second-order valence-electron chi connectivity index (χ2n) is 12.2. The minimum absolute atomic E-state index is 0.0207. The fourth-order valence-electron chi connectivity index (χ4n) is 6.15. The van der Waals surface area contributed by atoms with Crippen molar-refractivity contribution >= 4 is 11.8 Å². The minimum atomic E-state index is -0.305. The molecule has 2 amide bonds. The standard InChI is InChI=1S/C31H47N3O3/c1-9-26(35)33-24-13-11-10-12-20(2)17-30(6)18-22(4)28(32)25(19-30)34(8)27(36)14-15-31(7)29(37-31)23(5)21(3)16-24/h9-12,19,21,23-24,29H,1,13-18,32H2,2-8H3,(H,33,35)/b11-10+,20-12+/t21?,23-,24?,29?,30?,31?/m1/s1. The van der Waals surface area contributed by atoms with Gasteiger partial charge in [-0.05, 0) is 81.8 Å². The summed E-state index contributed by atoms with van der Waals surface area (Å²) in [6, 6.07) is 0.0207. The summed E-state index contributed by atoms with van der Waals surface area (Å²) < 4.78 is 6.19. The molecule has 1 saturated heterocycles. The van der Waals surface area contributed by atoms with Crippen molar-refractivity contribution in [3.8, 4) is 0 Å². The van der Waals surface area contributed by atoms with Gasteiger partial charge >= 0.3 is 0 Å². The molecule has 2 heterocycles. The molecule has 204 valence electrons. The number of rotatable bonds is 2. The molecule has 2 bridgehead atoms. The van der Waals surface area contributed by atoms with Crippen LogP contribution in [0.25, 0.3) is 0 Å². The van der Waals surface area contributed by atoms with Gasteiger partial charge in [0.25, 0.3) is 0 Å². The lowest BCUT2D eigenvalue weighted by atomic mass is 9.74. The summed E-state index contributed by atoms with van der Waals surface area (Å²) in [6.45, 7) is 16.6. The van der Waals surface area contributed by atoms with E-state index in [0.717, 1.165) is 37.0 Å². The number of fused-ring (bicyclic) bond motifs is 2. The number of epoxide rings is 1. The number of carbonyl (C=O) groups is 2. The summed E-state index contributed by atoms with van der Waals surface area (Å²) >= 11 is 0. The Kier molecular flexibility index (Phi) is 8.94. The van der Waals surface area contributed by atoms with Crippen molar-refractivity contribution in [2.45, 2.75) is 97.8 Å². The van der Waals surface area contributed by atoms with Gasteiger partial charge in [0, 0.05) is 19.5 Å². The van der Waals surface area contributed by atoms with Gasteiger partial charge in [0.15, 0.2) is 0 Å². The van der Waals surface area contributed by atoms with E-state index in [1.807, 2.05) is 7.05 Å². The van der Waals surface area contributed by atoms with Crippen LogP contribution in [0, 0.1) is 17.3 Å². The molecule has 0 spiro atoms. The summed E-state index contributed by atoms with van der Waals surface area (Å²) in [5, 5.41) is 3.11. The Morgan fingerprint density at radius 2 is 1.97 bits per heavy atom. The third-order valence-electron chi connectivity index (χ3n) is 8.58. The molecule has 3 N–H and O–H groups in total. The fourth-order valence-corrected chi connectivity index (χ4v) is 6.15. The average Bonchev–Trinajstić information content (AvgIpc) is 3.51. The molecule has 1 fully saturated rings. The summed E-state index contributed by atoms with van der Waals surface area (Å²) in [5.74, 6) is 0.555. The molecule has 0 saturated carbocycles. The Balaban J connectivity index is 1.91. The highest BCUT2D eigenvalue weighted by Gasteiger charge is 2.55. The molecule has 3 aliphatic rings. The lowest BCUT2D eigenvalue weighted by Crippen LogP contribution is -2.36. The third-order valence-corrected chi connectivity index (χ3v) is 8.58. The molecule has 0 radical (unpaired) electrons. The first-order valence-corrected chi connectivity index (χ1v) is 13.7. The molecule has 6 heteroatoms. The van der Waals surface area contributed by atoms with E-state index < -0.39 is 0 Å². The van der Waals surface area contributed by atoms with Gasteiger partial charge in [-0.3, -0.25) is 9.59 Å². The highest BCUT2D eigenvalue weighted by molar-refractivity contribution is 5.87. The average molecular weight is 510 g/mol. The second-order valence-corrected chi connectivity index (χ2v) is 12.2. The van der Waals surface area contributed by atoms with Crippen LogP contribution in [0.15, 0.2) is 59.5 Å². The van der Waals surface area contributed by atoms with Gasteiger partial charge in [0.05, 0.1) is 23.1 Å². The van der Waals surface area contributed by atoms with Crippen molar-refractivity contribution in [1.82, 2.24) is 10.2 Å². The van der Waals surface area contributed by atoms with E-state index in [0.29, 0.717) is 30.4 Å². The Morgan fingerprint density at radius 3 is 2.65 bits per heavy atom. The maximum Gasteiger partial charge on any atom is 0.243 e. The fraction of sp³-hybridized carbons (Fsp3) is 0.613. The lowest BCUT2D eigenvalue weighted by Gasteiger charge is -2.36. The van der Waals surface area contributed by atoms with E-state index >= 15 is 0 Å². The van der Waals surface area contributed by atoms with Crippen molar-refractivity contribution in [1.29, 1.82) is 0 Å². The molecule has 3 rings (SSSR count). The number of carbonyl (C=O) groups excluding carboxylic acids is 2. The molecule has 1 aliphatic carbocycles. The third kappa shape index (κ3) is 7.04. The SMILES string of the molecule is C=CC(=O)NC1C/C=C/C=C(\C)CC2(C)C=C(C(N)=C(C)C2)N(C)C(=O)CCC2(C)OC2[C@H](C)C(C)C1. The molecule has 0 aromatic rings. The number of amides is 2. The number of ether oxygens (including phenoxy) is 1. The smallest absolute Gasteiger partial charge is 0.243 e. The van der Waals surface area contributed by atoms with Gasteiger partial charge < -0.3 is 20.7 Å². The van der Waals surface area contributed by atoms with Crippen LogP contribution in [0.5, 0.6) is 0 Å². The van der Waals surface area contributed by atoms with E-state index in [1.165, 1.54) is 11.6 Å². The topological polar surface area (TPSA) is 88.0 Å². The Labute approximate surface area is 223 Å². The Morgan fingerprint density at radius 1 is 1.27 bits per heavy atom. The van der Waals surface area contributed by atoms with Crippen LogP contribution in [0.2, 0.25) is 0 Å². The first kappa shape index (κ1) is 29.0. The van der Waals surface area contributed by atoms with Gasteiger partial charge in [0.2, 0.25) is 11.8 Å². The second kappa shape index (κ2) is 11.4. The quantitative estimate of drug-likeness (QED) is 0.378. The van der Waals surface area contributed by atoms with Gasteiger partial charge in [-0.2, -0.15) is 0 Å². The highest BCUT2D eigenvalue weighted by atomic mass is 16.6. The van der Waals surface area contributed by atoms with Crippen LogP contribution in [-0.4, -0.2) is 41.5 Å². The van der Waals surface area contributed by atoms with Crippen LogP contribution in [-0.2, 0) is 14.3 Å². The van der Waals surface area contributed by atoms with Crippen molar-refractivity contribution in [3.63, 3.8) is 0 Å². The van der Waals surface area contributed by atoms with E-state index in [-0.39, 0.29) is 35.0 Å². The van der Waals surface area contributed by atoms with Crippen molar-refractivity contribution in [3.05, 3.63) is 59.5 Å².